The Kier molecular flexibility index (Phi) is 4.92. The summed E-state index contributed by atoms with van der Waals surface area (Å²) in [6, 6.07) is 0.221. The van der Waals surface area contributed by atoms with E-state index in [2.05, 4.69) is 49.7 Å². The lowest BCUT2D eigenvalue weighted by Gasteiger charge is -2.25. The molecular formula is C16H21BrClN5. The van der Waals surface area contributed by atoms with Crippen LogP contribution in [0.2, 0.25) is 5.15 Å². The van der Waals surface area contributed by atoms with Crippen molar-refractivity contribution in [1.29, 1.82) is 0 Å². The molecule has 3 rings (SSSR count). The van der Waals surface area contributed by atoms with Gasteiger partial charge in [0.2, 0.25) is 0 Å². The maximum absolute atomic E-state index is 6.66. The molecule has 3 heterocycles. The Morgan fingerprint density at radius 3 is 2.78 bits per heavy atom. The van der Waals surface area contributed by atoms with Crippen molar-refractivity contribution in [2.24, 2.45) is 5.92 Å². The molecule has 0 aliphatic carbocycles. The zero-order valence-corrected chi connectivity index (χ0v) is 16.0. The second-order valence-electron chi connectivity index (χ2n) is 6.41. The SMILES string of the molecule is Cc1nn(CC(C)C)c(Cl)c1C1CCCN1c1cnc(Br)cn1. The third-order valence-corrected chi connectivity index (χ3v) is 4.94. The van der Waals surface area contributed by atoms with Gasteiger partial charge in [-0.05, 0) is 41.6 Å². The van der Waals surface area contributed by atoms with Crippen molar-refractivity contribution >= 4 is 33.3 Å². The van der Waals surface area contributed by atoms with Gasteiger partial charge in [0.25, 0.3) is 0 Å². The molecule has 7 heteroatoms. The molecule has 0 bridgehead atoms. The minimum Gasteiger partial charge on any atom is -0.348 e. The Balaban J connectivity index is 1.94. The summed E-state index contributed by atoms with van der Waals surface area (Å²) in [4.78, 5) is 11.1. The number of aromatic nitrogens is 4. The molecule has 0 aromatic carbocycles. The van der Waals surface area contributed by atoms with E-state index >= 15 is 0 Å². The monoisotopic (exact) mass is 397 g/mol. The molecule has 1 unspecified atom stereocenters. The van der Waals surface area contributed by atoms with Crippen LogP contribution in [0.15, 0.2) is 17.0 Å². The third-order valence-electron chi connectivity index (χ3n) is 4.13. The van der Waals surface area contributed by atoms with Crippen molar-refractivity contribution in [3.63, 3.8) is 0 Å². The fourth-order valence-electron chi connectivity index (χ4n) is 3.21. The Bertz CT molecular complexity index is 683. The molecular weight excluding hydrogens is 378 g/mol. The maximum atomic E-state index is 6.66. The van der Waals surface area contributed by atoms with Crippen LogP contribution in [0, 0.1) is 12.8 Å². The summed E-state index contributed by atoms with van der Waals surface area (Å²) >= 11 is 10.00. The van der Waals surface area contributed by atoms with Crippen molar-refractivity contribution in [1.82, 2.24) is 19.7 Å². The van der Waals surface area contributed by atoms with Crippen LogP contribution >= 0.6 is 27.5 Å². The van der Waals surface area contributed by atoms with Gasteiger partial charge in [0.05, 0.1) is 24.1 Å². The Morgan fingerprint density at radius 1 is 1.35 bits per heavy atom. The first-order valence-corrected chi connectivity index (χ1v) is 9.11. The van der Waals surface area contributed by atoms with Gasteiger partial charge in [0.1, 0.15) is 15.6 Å². The molecule has 0 amide bonds. The number of hydrogen-bond acceptors (Lipinski definition) is 4. The Hall–Kier alpha value is -1.14. The molecule has 0 radical (unpaired) electrons. The first-order valence-electron chi connectivity index (χ1n) is 7.94. The standard InChI is InChI=1S/C16H21BrClN5/c1-10(2)9-23-16(18)15(11(3)21-23)12-5-4-6-22(12)14-8-19-13(17)7-20-14/h7-8,10,12H,4-6,9H2,1-3H3. The molecule has 1 saturated heterocycles. The summed E-state index contributed by atoms with van der Waals surface area (Å²) in [5.41, 5.74) is 2.15. The third kappa shape index (κ3) is 3.38. The molecule has 124 valence electrons. The number of nitrogens with zero attached hydrogens (tertiary/aromatic N) is 5. The molecule has 1 atom stereocenters. The van der Waals surface area contributed by atoms with E-state index in [1.54, 1.807) is 6.20 Å². The predicted molar refractivity (Wildman–Crippen MR) is 95.9 cm³/mol. The van der Waals surface area contributed by atoms with Gasteiger partial charge in [0.15, 0.2) is 0 Å². The van der Waals surface area contributed by atoms with Crippen molar-refractivity contribution in [2.75, 3.05) is 11.4 Å². The minimum atomic E-state index is 0.221. The highest BCUT2D eigenvalue weighted by Crippen LogP contribution is 2.39. The van der Waals surface area contributed by atoms with Gasteiger partial charge in [0, 0.05) is 18.7 Å². The molecule has 0 N–H and O–H groups in total. The van der Waals surface area contributed by atoms with Crippen molar-refractivity contribution in [2.45, 2.75) is 46.2 Å². The number of halogens is 2. The first-order chi connectivity index (χ1) is 11.0. The Labute approximate surface area is 150 Å². The van der Waals surface area contributed by atoms with E-state index in [0.717, 1.165) is 52.8 Å². The molecule has 0 spiro atoms. The fourth-order valence-corrected chi connectivity index (χ4v) is 3.78. The molecule has 1 aliphatic heterocycles. The van der Waals surface area contributed by atoms with Crippen LogP contribution in [-0.4, -0.2) is 26.3 Å². The highest BCUT2D eigenvalue weighted by molar-refractivity contribution is 9.10. The minimum absolute atomic E-state index is 0.221. The van der Waals surface area contributed by atoms with Crippen molar-refractivity contribution < 1.29 is 0 Å². The van der Waals surface area contributed by atoms with Gasteiger partial charge in [-0.25, -0.2) is 9.97 Å². The molecule has 5 nitrogen and oxygen atoms in total. The van der Waals surface area contributed by atoms with Gasteiger partial charge in [-0.1, -0.05) is 25.4 Å². The number of hydrogen-bond donors (Lipinski definition) is 0. The maximum Gasteiger partial charge on any atom is 0.147 e. The average Bonchev–Trinajstić information content (AvgIpc) is 3.05. The largest absolute Gasteiger partial charge is 0.348 e. The van der Waals surface area contributed by atoms with E-state index < -0.39 is 0 Å². The summed E-state index contributed by atoms with van der Waals surface area (Å²) < 4.78 is 2.68. The van der Waals surface area contributed by atoms with Gasteiger partial charge in [-0.2, -0.15) is 5.10 Å². The van der Waals surface area contributed by atoms with Crippen LogP contribution in [0.4, 0.5) is 5.82 Å². The van der Waals surface area contributed by atoms with Gasteiger partial charge < -0.3 is 4.90 Å². The Morgan fingerprint density at radius 2 is 2.13 bits per heavy atom. The van der Waals surface area contributed by atoms with Crippen molar-refractivity contribution in [3.8, 4) is 0 Å². The second kappa shape index (κ2) is 6.77. The lowest BCUT2D eigenvalue weighted by molar-refractivity contribution is 0.481. The molecule has 2 aromatic heterocycles. The molecule has 2 aromatic rings. The average molecular weight is 399 g/mol. The van der Waals surface area contributed by atoms with Crippen molar-refractivity contribution in [3.05, 3.63) is 33.4 Å². The van der Waals surface area contributed by atoms with Crippen LogP contribution in [0.25, 0.3) is 0 Å². The molecule has 23 heavy (non-hydrogen) atoms. The summed E-state index contributed by atoms with van der Waals surface area (Å²) in [7, 11) is 0. The quantitative estimate of drug-likeness (QED) is 0.766. The fraction of sp³-hybridized carbons (Fsp3) is 0.562. The zero-order chi connectivity index (χ0) is 16.6. The first kappa shape index (κ1) is 16.7. The zero-order valence-electron chi connectivity index (χ0n) is 13.6. The van der Waals surface area contributed by atoms with E-state index in [4.69, 9.17) is 11.6 Å². The molecule has 0 saturated carbocycles. The molecule has 1 aliphatic rings. The molecule has 1 fully saturated rings. The normalized spacial score (nSPS) is 18.2. The van der Waals surface area contributed by atoms with Gasteiger partial charge >= 0.3 is 0 Å². The topological polar surface area (TPSA) is 46.8 Å². The van der Waals surface area contributed by atoms with E-state index in [9.17, 15) is 0 Å². The van der Waals surface area contributed by atoms with E-state index in [1.165, 1.54) is 0 Å². The predicted octanol–water partition coefficient (Wildman–Crippen LogP) is 4.39. The van der Waals surface area contributed by atoms with Crippen LogP contribution in [-0.2, 0) is 6.54 Å². The summed E-state index contributed by atoms with van der Waals surface area (Å²) in [6.07, 6.45) is 5.73. The highest BCUT2D eigenvalue weighted by atomic mass is 79.9. The van der Waals surface area contributed by atoms with Crippen LogP contribution in [0.1, 0.15) is 44.0 Å². The van der Waals surface area contributed by atoms with E-state index in [0.29, 0.717) is 5.92 Å². The lowest BCUT2D eigenvalue weighted by atomic mass is 10.1. The van der Waals surface area contributed by atoms with Gasteiger partial charge in [-0.15, -0.1) is 0 Å². The number of anilines is 1. The summed E-state index contributed by atoms with van der Waals surface area (Å²) in [6.45, 7) is 8.19. The van der Waals surface area contributed by atoms with Crippen LogP contribution in [0.5, 0.6) is 0 Å². The van der Waals surface area contributed by atoms with Crippen LogP contribution < -0.4 is 4.90 Å². The van der Waals surface area contributed by atoms with Gasteiger partial charge in [-0.3, -0.25) is 4.68 Å². The summed E-state index contributed by atoms with van der Waals surface area (Å²) in [5.74, 6) is 1.40. The van der Waals surface area contributed by atoms with E-state index in [-0.39, 0.29) is 6.04 Å². The smallest absolute Gasteiger partial charge is 0.147 e. The van der Waals surface area contributed by atoms with E-state index in [1.807, 2.05) is 17.8 Å². The number of aryl methyl sites for hydroxylation is 1. The second-order valence-corrected chi connectivity index (χ2v) is 7.59. The summed E-state index contributed by atoms with van der Waals surface area (Å²) in [5, 5.41) is 5.41. The van der Waals surface area contributed by atoms with Crippen LogP contribution in [0.3, 0.4) is 0 Å². The highest BCUT2D eigenvalue weighted by Gasteiger charge is 2.32. The number of rotatable bonds is 4. The lowest BCUT2D eigenvalue weighted by Crippen LogP contribution is -2.24.